The highest BCUT2D eigenvalue weighted by Gasteiger charge is 2.35. The number of rotatable bonds is 4. The Bertz CT molecular complexity index is 333. The molecule has 1 heterocycles. The number of nitrogens with zero attached hydrogens (tertiary/aromatic N) is 1. The third kappa shape index (κ3) is 3.85. The molecule has 1 rings (SSSR count). The lowest BCUT2D eigenvalue weighted by Gasteiger charge is -2.33. The molecule has 0 bridgehead atoms. The van der Waals surface area contributed by atoms with Crippen LogP contribution in [-0.2, 0) is 4.79 Å². The molecule has 1 aliphatic rings. The molecule has 2 atom stereocenters. The minimum absolute atomic E-state index is 0.234. The Morgan fingerprint density at radius 3 is 2.53 bits per heavy atom. The Kier molecular flexibility index (Phi) is 5.63. The van der Waals surface area contributed by atoms with Crippen LogP contribution in [0.25, 0.3) is 0 Å². The van der Waals surface area contributed by atoms with Crippen molar-refractivity contribution in [1.29, 1.82) is 0 Å². The van der Waals surface area contributed by atoms with E-state index in [2.05, 4.69) is 12.2 Å². The molecule has 1 fully saturated rings. The predicted molar refractivity (Wildman–Crippen MR) is 74.1 cm³/mol. The van der Waals surface area contributed by atoms with Crippen LogP contribution in [0.2, 0.25) is 0 Å². The van der Waals surface area contributed by atoms with Gasteiger partial charge >= 0.3 is 12.0 Å². The number of amides is 2. The molecule has 5 nitrogen and oxygen atoms in total. The molecule has 0 aromatic heterocycles. The molecule has 0 aromatic carbocycles. The molecule has 0 aliphatic carbocycles. The first-order valence-corrected chi connectivity index (χ1v) is 7.26. The van der Waals surface area contributed by atoms with Crippen LogP contribution in [0.5, 0.6) is 0 Å². The highest BCUT2D eigenvalue weighted by Crippen LogP contribution is 2.20. The van der Waals surface area contributed by atoms with Gasteiger partial charge in [0.25, 0.3) is 0 Å². The van der Waals surface area contributed by atoms with E-state index in [0.29, 0.717) is 6.42 Å². The van der Waals surface area contributed by atoms with Gasteiger partial charge in [-0.05, 0) is 32.6 Å². The quantitative estimate of drug-likeness (QED) is 0.825. The van der Waals surface area contributed by atoms with Gasteiger partial charge in [-0.2, -0.15) is 0 Å². The van der Waals surface area contributed by atoms with Gasteiger partial charge < -0.3 is 15.3 Å². The summed E-state index contributed by atoms with van der Waals surface area (Å²) in [5.74, 6) is -0.980. The van der Waals surface area contributed by atoms with Gasteiger partial charge in [0.05, 0.1) is 0 Å². The van der Waals surface area contributed by atoms with Gasteiger partial charge in [0, 0.05) is 12.6 Å². The first-order valence-electron chi connectivity index (χ1n) is 7.26. The average Bonchev–Trinajstić information content (AvgIpc) is 2.63. The molecule has 2 N–H and O–H groups in total. The lowest BCUT2D eigenvalue weighted by Crippen LogP contribution is -2.57. The van der Waals surface area contributed by atoms with E-state index in [4.69, 9.17) is 0 Å². The molecule has 19 heavy (non-hydrogen) atoms. The fourth-order valence-corrected chi connectivity index (χ4v) is 2.47. The lowest BCUT2D eigenvalue weighted by atomic mass is 9.99. The Labute approximate surface area is 115 Å². The summed E-state index contributed by atoms with van der Waals surface area (Å²) in [5.41, 5.74) is -1.18. The first-order chi connectivity index (χ1) is 8.94. The molecule has 110 valence electrons. The zero-order valence-corrected chi connectivity index (χ0v) is 12.2. The third-order valence-corrected chi connectivity index (χ3v) is 4.17. The smallest absolute Gasteiger partial charge is 0.329 e. The van der Waals surface area contributed by atoms with Gasteiger partial charge in [-0.15, -0.1) is 0 Å². The van der Waals surface area contributed by atoms with Crippen molar-refractivity contribution in [2.75, 3.05) is 6.54 Å². The Balaban J connectivity index is 2.76. The van der Waals surface area contributed by atoms with Crippen LogP contribution in [0.15, 0.2) is 0 Å². The summed E-state index contributed by atoms with van der Waals surface area (Å²) in [6.45, 7) is 6.14. The van der Waals surface area contributed by atoms with E-state index in [1.165, 1.54) is 0 Å². The van der Waals surface area contributed by atoms with Gasteiger partial charge in [0.15, 0.2) is 0 Å². The zero-order valence-electron chi connectivity index (χ0n) is 12.2. The van der Waals surface area contributed by atoms with Gasteiger partial charge in [-0.25, -0.2) is 9.59 Å². The van der Waals surface area contributed by atoms with Gasteiger partial charge in [-0.3, -0.25) is 0 Å². The number of likely N-dealkylation sites (tertiary alicyclic amines) is 1. The number of nitrogens with one attached hydrogen (secondary N) is 1. The van der Waals surface area contributed by atoms with Crippen LogP contribution in [-0.4, -0.2) is 40.1 Å². The van der Waals surface area contributed by atoms with Crippen molar-refractivity contribution in [2.45, 2.75) is 70.9 Å². The van der Waals surface area contributed by atoms with E-state index in [1.807, 2.05) is 4.90 Å². The summed E-state index contributed by atoms with van der Waals surface area (Å²) in [7, 11) is 0. The van der Waals surface area contributed by atoms with E-state index in [0.717, 1.165) is 38.6 Å². The second-order valence-electron chi connectivity index (χ2n) is 5.53. The number of carboxylic acid groups (broad SMARTS) is 1. The number of aliphatic carboxylic acids is 1. The Morgan fingerprint density at radius 2 is 2.00 bits per heavy atom. The molecule has 2 unspecified atom stereocenters. The molecule has 0 radical (unpaired) electrons. The fourth-order valence-electron chi connectivity index (χ4n) is 2.47. The van der Waals surface area contributed by atoms with Crippen LogP contribution in [0.3, 0.4) is 0 Å². The van der Waals surface area contributed by atoms with Crippen molar-refractivity contribution in [1.82, 2.24) is 10.2 Å². The van der Waals surface area contributed by atoms with Gasteiger partial charge in [0.1, 0.15) is 5.54 Å². The average molecular weight is 270 g/mol. The number of hydrogen-bond acceptors (Lipinski definition) is 2. The highest BCUT2D eigenvalue weighted by molar-refractivity contribution is 5.86. The normalized spacial score (nSPS) is 23.3. The molecule has 0 aromatic rings. The zero-order chi connectivity index (χ0) is 14.5. The van der Waals surface area contributed by atoms with Crippen LogP contribution in [0, 0.1) is 0 Å². The van der Waals surface area contributed by atoms with Crippen LogP contribution in [0.4, 0.5) is 4.79 Å². The van der Waals surface area contributed by atoms with Crippen LogP contribution < -0.4 is 5.32 Å². The molecule has 5 heteroatoms. The maximum Gasteiger partial charge on any atom is 0.329 e. The summed E-state index contributed by atoms with van der Waals surface area (Å²) in [6.07, 6.45) is 5.60. The highest BCUT2D eigenvalue weighted by atomic mass is 16.4. The van der Waals surface area contributed by atoms with Crippen LogP contribution >= 0.6 is 0 Å². The molecular weight excluding hydrogens is 244 g/mol. The second-order valence-corrected chi connectivity index (χ2v) is 5.53. The molecule has 0 saturated carbocycles. The van der Waals surface area contributed by atoms with Crippen molar-refractivity contribution < 1.29 is 14.7 Å². The van der Waals surface area contributed by atoms with Crippen LogP contribution in [0.1, 0.15) is 59.3 Å². The summed E-state index contributed by atoms with van der Waals surface area (Å²) in [4.78, 5) is 25.4. The molecular formula is C14H26N2O3. The van der Waals surface area contributed by atoms with Crippen molar-refractivity contribution in [3.8, 4) is 0 Å². The van der Waals surface area contributed by atoms with E-state index >= 15 is 0 Å². The first kappa shape index (κ1) is 15.8. The van der Waals surface area contributed by atoms with Gasteiger partial charge in [-0.1, -0.05) is 26.7 Å². The topological polar surface area (TPSA) is 69.6 Å². The van der Waals surface area contributed by atoms with Crippen molar-refractivity contribution in [2.24, 2.45) is 0 Å². The molecule has 1 aliphatic heterocycles. The predicted octanol–water partition coefficient (Wildman–Crippen LogP) is 2.60. The number of hydrogen-bond donors (Lipinski definition) is 2. The largest absolute Gasteiger partial charge is 0.480 e. The SMILES string of the molecule is CCC1CCCCCN1C(=O)NC(C)(CC)C(=O)O. The van der Waals surface area contributed by atoms with Crippen molar-refractivity contribution in [3.05, 3.63) is 0 Å². The molecule has 0 spiro atoms. The molecule has 1 saturated heterocycles. The molecule has 2 amide bonds. The number of urea groups is 1. The van der Waals surface area contributed by atoms with Crippen molar-refractivity contribution >= 4 is 12.0 Å². The monoisotopic (exact) mass is 270 g/mol. The van der Waals surface area contributed by atoms with E-state index < -0.39 is 11.5 Å². The standard InChI is InChI=1S/C14H26N2O3/c1-4-11-9-7-6-8-10-16(11)13(19)15-14(3,5-2)12(17)18/h11H,4-10H2,1-3H3,(H,15,19)(H,17,18). The Morgan fingerprint density at radius 1 is 1.32 bits per heavy atom. The maximum atomic E-state index is 12.4. The lowest BCUT2D eigenvalue weighted by molar-refractivity contribution is -0.143. The van der Waals surface area contributed by atoms with E-state index in [-0.39, 0.29) is 12.1 Å². The summed E-state index contributed by atoms with van der Waals surface area (Å²) < 4.78 is 0. The summed E-state index contributed by atoms with van der Waals surface area (Å²) in [6, 6.07) is -0.00194. The number of carbonyl (C=O) groups is 2. The van der Waals surface area contributed by atoms with Gasteiger partial charge in [0.2, 0.25) is 0 Å². The van der Waals surface area contributed by atoms with E-state index in [9.17, 15) is 14.7 Å². The Hall–Kier alpha value is -1.26. The summed E-state index contributed by atoms with van der Waals surface area (Å²) >= 11 is 0. The van der Waals surface area contributed by atoms with E-state index in [1.54, 1.807) is 13.8 Å². The summed E-state index contributed by atoms with van der Waals surface area (Å²) in [5, 5.41) is 11.9. The maximum absolute atomic E-state index is 12.4. The second kappa shape index (κ2) is 6.78. The minimum atomic E-state index is -1.18. The minimum Gasteiger partial charge on any atom is -0.480 e. The number of carbonyl (C=O) groups excluding carboxylic acids is 1. The fraction of sp³-hybridized carbons (Fsp3) is 0.857. The van der Waals surface area contributed by atoms with Crippen molar-refractivity contribution in [3.63, 3.8) is 0 Å². The number of carboxylic acids is 1. The third-order valence-electron chi connectivity index (χ3n) is 4.17.